The molecule has 1 saturated heterocycles. The molecule has 2 aromatic carbocycles. The molecule has 1 fully saturated rings. The first-order valence-electron chi connectivity index (χ1n) is 10.9. The number of fused-ring (bicyclic) bond motifs is 3. The highest BCUT2D eigenvalue weighted by molar-refractivity contribution is 7.98. The van der Waals surface area contributed by atoms with Gasteiger partial charge in [0.25, 0.3) is 0 Å². The predicted octanol–water partition coefficient (Wildman–Crippen LogP) is 4.84. The number of thioether (sulfide) groups is 1. The van der Waals surface area contributed by atoms with Crippen LogP contribution in [-0.2, 0) is 10.5 Å². The summed E-state index contributed by atoms with van der Waals surface area (Å²) in [5.41, 5.74) is 6.54. The van der Waals surface area contributed by atoms with Crippen LogP contribution in [0.3, 0.4) is 0 Å². The Labute approximate surface area is 198 Å². The van der Waals surface area contributed by atoms with Crippen LogP contribution in [0.1, 0.15) is 40.7 Å². The maximum absolute atomic E-state index is 13.8. The van der Waals surface area contributed by atoms with Gasteiger partial charge in [0.2, 0.25) is 0 Å². The minimum absolute atomic E-state index is 0.0934. The molecule has 182 valence electrons. The van der Waals surface area contributed by atoms with E-state index in [1.165, 1.54) is 42.3 Å². The zero-order valence-corrected chi connectivity index (χ0v) is 19.2. The van der Waals surface area contributed by atoms with Crippen molar-refractivity contribution in [2.45, 2.75) is 37.2 Å². The first-order valence-corrected chi connectivity index (χ1v) is 12.1. The smallest absolute Gasteiger partial charge is 0.475 e. The van der Waals surface area contributed by atoms with Crippen LogP contribution in [-0.4, -0.2) is 54.5 Å². The number of Topliss-reactive ketones (excluding diaryl/α,β-unsaturated/α-hetero) is 1. The van der Waals surface area contributed by atoms with Crippen LogP contribution < -0.4 is 10.2 Å². The van der Waals surface area contributed by atoms with Crippen LogP contribution in [0.15, 0.2) is 30.3 Å². The van der Waals surface area contributed by atoms with Crippen LogP contribution in [0.4, 0.5) is 23.2 Å². The van der Waals surface area contributed by atoms with Gasteiger partial charge in [-0.1, -0.05) is 6.07 Å². The molecule has 0 bridgehead atoms. The molecule has 10 heteroatoms. The summed E-state index contributed by atoms with van der Waals surface area (Å²) < 4.78 is 45.5. The van der Waals surface area contributed by atoms with Gasteiger partial charge >= 0.3 is 12.1 Å². The standard InChI is InChI=1S/C22H23FN2OS.C2HF3O2/c1-13(26)18-10-16(23)2-3-17(18)14-8-15-12-27-7-6-25-21-4-5-24-11-20(21)19(9-14)22(15)25;3-2(4,5)1(6)7/h2-3,8-10,20-21,24H,4-7,11-12H2,1H3;(H,6,7)/t20-,21-;/m0./s1. The molecular weight excluding hydrogens is 472 g/mol. The van der Waals surface area contributed by atoms with Crippen molar-refractivity contribution in [3.05, 3.63) is 52.8 Å². The van der Waals surface area contributed by atoms with Crippen molar-refractivity contribution >= 4 is 29.2 Å². The molecule has 0 saturated carbocycles. The molecule has 2 aromatic rings. The number of carboxylic acid groups (broad SMARTS) is 1. The van der Waals surface area contributed by atoms with E-state index < -0.39 is 12.1 Å². The first-order chi connectivity index (χ1) is 16.1. The number of benzene rings is 2. The second-order valence-corrected chi connectivity index (χ2v) is 9.64. The molecule has 5 rings (SSSR count). The number of alkyl halides is 3. The number of hydrogen-bond donors (Lipinski definition) is 2. The third-order valence-corrected chi connectivity index (χ3v) is 7.39. The monoisotopic (exact) mass is 496 g/mol. The van der Waals surface area contributed by atoms with E-state index in [0.29, 0.717) is 17.5 Å². The maximum Gasteiger partial charge on any atom is 0.490 e. The molecule has 34 heavy (non-hydrogen) atoms. The van der Waals surface area contributed by atoms with Crippen LogP contribution in [0, 0.1) is 5.82 Å². The third kappa shape index (κ3) is 4.79. The van der Waals surface area contributed by atoms with Crippen molar-refractivity contribution in [3.63, 3.8) is 0 Å². The second kappa shape index (κ2) is 9.58. The molecule has 0 unspecified atom stereocenters. The number of nitrogens with zero attached hydrogens (tertiary/aromatic N) is 1. The topological polar surface area (TPSA) is 69.6 Å². The van der Waals surface area contributed by atoms with E-state index in [1.54, 1.807) is 6.07 Å². The lowest BCUT2D eigenvalue weighted by Gasteiger charge is -2.33. The molecule has 0 radical (unpaired) electrons. The summed E-state index contributed by atoms with van der Waals surface area (Å²) in [4.78, 5) is 23.7. The number of rotatable bonds is 2. The largest absolute Gasteiger partial charge is 0.490 e. The number of piperidine rings is 1. The van der Waals surface area contributed by atoms with Crippen LogP contribution >= 0.6 is 11.8 Å². The number of carboxylic acids is 1. The lowest BCUT2D eigenvalue weighted by atomic mass is 9.87. The van der Waals surface area contributed by atoms with Gasteiger partial charge in [0.1, 0.15) is 5.82 Å². The Bertz CT molecular complexity index is 1120. The Balaban J connectivity index is 0.000000344. The molecule has 3 heterocycles. The third-order valence-electron chi connectivity index (χ3n) is 6.40. The van der Waals surface area contributed by atoms with Crippen molar-refractivity contribution in [2.24, 2.45) is 0 Å². The molecule has 2 atom stereocenters. The molecule has 2 N–H and O–H groups in total. The number of aliphatic carboxylic acids is 1. The molecule has 0 amide bonds. The summed E-state index contributed by atoms with van der Waals surface area (Å²) in [6.07, 6.45) is -3.91. The molecule has 3 aliphatic rings. The van der Waals surface area contributed by atoms with Crippen LogP contribution in [0.25, 0.3) is 11.1 Å². The second-order valence-electron chi connectivity index (χ2n) is 8.53. The van der Waals surface area contributed by atoms with Crippen molar-refractivity contribution < 1.29 is 32.3 Å². The van der Waals surface area contributed by atoms with E-state index in [1.807, 2.05) is 11.8 Å². The number of ketones is 1. The van der Waals surface area contributed by atoms with Gasteiger partial charge in [0.15, 0.2) is 5.78 Å². The number of halogens is 4. The van der Waals surface area contributed by atoms with Gasteiger partial charge in [-0.05, 0) is 66.4 Å². The van der Waals surface area contributed by atoms with Gasteiger partial charge in [-0.25, -0.2) is 9.18 Å². The molecule has 0 spiro atoms. The SMILES string of the molecule is CC(=O)c1cc(F)ccc1-c1cc2c3c(c1)[C@@H]1CNCC[C@@H]1N3CCSC2.O=C(O)C(F)(F)F. The van der Waals surface area contributed by atoms with Gasteiger partial charge in [0, 0.05) is 47.8 Å². The van der Waals surface area contributed by atoms with Gasteiger partial charge in [-0.15, -0.1) is 0 Å². The molecule has 0 aromatic heterocycles. The Hall–Kier alpha value is -2.59. The number of carbonyl (C=O) groups excluding carboxylic acids is 1. The number of nitrogens with one attached hydrogen (secondary N) is 1. The number of hydrogen-bond acceptors (Lipinski definition) is 5. The van der Waals surface area contributed by atoms with Gasteiger partial charge in [-0.2, -0.15) is 24.9 Å². The Morgan fingerprint density at radius 1 is 1.21 bits per heavy atom. The summed E-state index contributed by atoms with van der Waals surface area (Å²) in [5, 5.41) is 10.7. The van der Waals surface area contributed by atoms with E-state index in [9.17, 15) is 22.4 Å². The van der Waals surface area contributed by atoms with Crippen LogP contribution in [0.2, 0.25) is 0 Å². The minimum Gasteiger partial charge on any atom is -0.475 e. The van der Waals surface area contributed by atoms with E-state index >= 15 is 0 Å². The predicted molar refractivity (Wildman–Crippen MR) is 123 cm³/mol. The van der Waals surface area contributed by atoms with Crippen molar-refractivity contribution in [2.75, 3.05) is 30.3 Å². The highest BCUT2D eigenvalue weighted by atomic mass is 32.2. The Morgan fingerprint density at radius 2 is 1.94 bits per heavy atom. The van der Waals surface area contributed by atoms with Gasteiger partial charge in [0.05, 0.1) is 0 Å². The highest BCUT2D eigenvalue weighted by Crippen LogP contribution is 2.49. The van der Waals surface area contributed by atoms with Crippen molar-refractivity contribution in [1.82, 2.24) is 5.32 Å². The van der Waals surface area contributed by atoms with Crippen LogP contribution in [0.5, 0.6) is 0 Å². The zero-order chi connectivity index (χ0) is 24.6. The average Bonchev–Trinajstić information content (AvgIpc) is 2.94. The molecule has 0 aliphatic carbocycles. The molecule has 5 nitrogen and oxygen atoms in total. The first kappa shape index (κ1) is 24.5. The normalized spacial score (nSPS) is 21.0. The summed E-state index contributed by atoms with van der Waals surface area (Å²) in [6.45, 7) is 4.71. The fourth-order valence-electron chi connectivity index (χ4n) is 5.00. The average molecular weight is 497 g/mol. The van der Waals surface area contributed by atoms with Gasteiger partial charge < -0.3 is 15.3 Å². The minimum atomic E-state index is -5.08. The van der Waals surface area contributed by atoms with Crippen molar-refractivity contribution in [1.29, 1.82) is 0 Å². The Kier molecular flexibility index (Phi) is 6.91. The van der Waals surface area contributed by atoms with E-state index in [-0.39, 0.29) is 11.6 Å². The summed E-state index contributed by atoms with van der Waals surface area (Å²) in [7, 11) is 0. The lowest BCUT2D eigenvalue weighted by molar-refractivity contribution is -0.192. The zero-order valence-electron chi connectivity index (χ0n) is 18.4. The molecular formula is C24H24F4N2O3S. The van der Waals surface area contributed by atoms with E-state index in [0.717, 1.165) is 42.3 Å². The van der Waals surface area contributed by atoms with E-state index in [2.05, 4.69) is 22.3 Å². The summed E-state index contributed by atoms with van der Waals surface area (Å²) >= 11 is 1.98. The molecule has 3 aliphatic heterocycles. The quantitative estimate of drug-likeness (QED) is 0.458. The number of anilines is 1. The number of carbonyl (C=O) groups is 2. The van der Waals surface area contributed by atoms with E-state index in [4.69, 9.17) is 9.90 Å². The summed E-state index contributed by atoms with van der Waals surface area (Å²) in [6, 6.07) is 9.66. The fourth-order valence-corrected chi connectivity index (χ4v) is 5.91. The highest BCUT2D eigenvalue weighted by Gasteiger charge is 2.42. The Morgan fingerprint density at radius 3 is 2.62 bits per heavy atom. The summed E-state index contributed by atoms with van der Waals surface area (Å²) in [5.74, 6) is -0.569. The fraction of sp³-hybridized carbons (Fsp3) is 0.417. The van der Waals surface area contributed by atoms with Crippen molar-refractivity contribution in [3.8, 4) is 11.1 Å². The lowest BCUT2D eigenvalue weighted by Crippen LogP contribution is -2.44. The maximum atomic E-state index is 13.8. The van der Waals surface area contributed by atoms with Gasteiger partial charge in [-0.3, -0.25) is 4.79 Å².